The molecule has 0 atom stereocenters. The molecule has 0 heterocycles. The maximum atomic E-state index is 11.9. The van der Waals surface area contributed by atoms with Gasteiger partial charge >= 0.3 is 5.97 Å². The number of carbonyl (C=O) groups is 1. The maximum Gasteiger partial charge on any atom is 0.337 e. The van der Waals surface area contributed by atoms with E-state index in [1.165, 1.54) is 25.3 Å². The minimum absolute atomic E-state index is 0.00136. The van der Waals surface area contributed by atoms with Crippen LogP contribution in [0.2, 0.25) is 0 Å². The molecular weight excluding hydrogens is 294 g/mol. The number of ether oxygens (including phenoxy) is 2. The molecule has 1 aromatic carbocycles. The molecule has 0 radical (unpaired) electrons. The monoisotopic (exact) mass is 315 g/mol. The Morgan fingerprint density at radius 1 is 1.29 bits per heavy atom. The summed E-state index contributed by atoms with van der Waals surface area (Å²) in [6.45, 7) is 4.92. The molecule has 0 aliphatic heterocycles. The smallest absolute Gasteiger partial charge is 0.337 e. The molecule has 0 aromatic heterocycles. The lowest BCUT2D eigenvalue weighted by Gasteiger charge is -2.19. The van der Waals surface area contributed by atoms with Crippen molar-refractivity contribution in [1.29, 1.82) is 0 Å². The van der Waals surface area contributed by atoms with Crippen LogP contribution in [0.4, 0.5) is 5.69 Å². The highest BCUT2D eigenvalue weighted by Gasteiger charge is 2.28. The number of nitrogens with two attached hydrogens (primary N) is 1. The number of methoxy groups -OCH3 is 1. The summed E-state index contributed by atoms with van der Waals surface area (Å²) in [4.78, 5) is 11.3. The van der Waals surface area contributed by atoms with E-state index in [2.05, 4.69) is 4.74 Å². The quantitative estimate of drug-likeness (QED) is 0.655. The fraction of sp³-hybridized carbons (Fsp3) is 0.500. The Kier molecular flexibility index (Phi) is 5.22. The van der Waals surface area contributed by atoms with Crippen LogP contribution in [-0.2, 0) is 14.6 Å². The molecule has 0 unspecified atom stereocenters. The van der Waals surface area contributed by atoms with E-state index >= 15 is 0 Å². The van der Waals surface area contributed by atoms with Crippen molar-refractivity contribution in [2.24, 2.45) is 0 Å². The number of nitrogen functional groups attached to an aromatic ring is 1. The van der Waals surface area contributed by atoms with Crippen LogP contribution in [0.1, 0.15) is 31.1 Å². The average molecular weight is 315 g/mol. The predicted molar refractivity (Wildman–Crippen MR) is 81.2 cm³/mol. The van der Waals surface area contributed by atoms with E-state index in [1.54, 1.807) is 20.8 Å². The largest absolute Gasteiger partial charge is 0.490 e. The molecule has 1 aromatic rings. The van der Waals surface area contributed by atoms with Gasteiger partial charge in [-0.05, 0) is 39.0 Å². The Labute approximate surface area is 125 Å². The van der Waals surface area contributed by atoms with Gasteiger partial charge in [-0.2, -0.15) is 0 Å². The zero-order valence-corrected chi connectivity index (χ0v) is 13.5. The summed E-state index contributed by atoms with van der Waals surface area (Å²) in [7, 11) is -1.97. The van der Waals surface area contributed by atoms with E-state index in [0.717, 1.165) is 0 Å². The highest BCUT2D eigenvalue weighted by atomic mass is 32.2. The average Bonchev–Trinajstić information content (AvgIpc) is 2.38. The van der Waals surface area contributed by atoms with Crippen LogP contribution >= 0.6 is 0 Å². The lowest BCUT2D eigenvalue weighted by molar-refractivity contribution is 0.0600. The van der Waals surface area contributed by atoms with Gasteiger partial charge in [-0.15, -0.1) is 0 Å². The van der Waals surface area contributed by atoms with Crippen molar-refractivity contribution in [2.45, 2.75) is 25.5 Å². The molecule has 0 bridgehead atoms. The van der Waals surface area contributed by atoms with Crippen molar-refractivity contribution >= 4 is 21.5 Å². The van der Waals surface area contributed by atoms with E-state index in [-0.39, 0.29) is 18.0 Å². The van der Waals surface area contributed by atoms with E-state index < -0.39 is 20.6 Å². The summed E-state index contributed by atoms with van der Waals surface area (Å²) < 4.78 is 33.0. The Bertz CT molecular complexity index is 617. The molecular formula is C14H21NO5S. The Morgan fingerprint density at radius 3 is 2.38 bits per heavy atom. The molecule has 2 N–H and O–H groups in total. The fourth-order valence-corrected chi connectivity index (χ4v) is 2.41. The van der Waals surface area contributed by atoms with Crippen molar-refractivity contribution in [3.05, 3.63) is 23.8 Å². The number of rotatable bonds is 5. The Balaban J connectivity index is 2.72. The second-order valence-corrected chi connectivity index (χ2v) is 8.39. The molecule has 0 saturated heterocycles. The Morgan fingerprint density at radius 2 is 1.90 bits per heavy atom. The van der Waals surface area contributed by atoms with Crippen LogP contribution in [-0.4, -0.2) is 38.6 Å². The molecule has 6 nitrogen and oxygen atoms in total. The third-order valence-electron chi connectivity index (χ3n) is 2.97. The number of anilines is 1. The highest BCUT2D eigenvalue weighted by Crippen LogP contribution is 2.23. The maximum absolute atomic E-state index is 11.9. The van der Waals surface area contributed by atoms with E-state index in [1.807, 2.05) is 0 Å². The number of hydrogen-bond donors (Lipinski definition) is 1. The van der Waals surface area contributed by atoms with E-state index in [9.17, 15) is 13.2 Å². The lowest BCUT2D eigenvalue weighted by atomic mass is 10.2. The number of sulfone groups is 1. The summed E-state index contributed by atoms with van der Waals surface area (Å²) in [6, 6.07) is 4.46. The van der Waals surface area contributed by atoms with Gasteiger partial charge in [-0.3, -0.25) is 0 Å². The van der Waals surface area contributed by atoms with Crippen LogP contribution in [0.15, 0.2) is 18.2 Å². The second kappa shape index (κ2) is 6.34. The number of benzene rings is 1. The molecule has 7 heteroatoms. The second-order valence-electron chi connectivity index (χ2n) is 5.52. The molecule has 0 fully saturated rings. The molecule has 118 valence electrons. The predicted octanol–water partition coefficient (Wildman–Crippen LogP) is 1.65. The third-order valence-corrected chi connectivity index (χ3v) is 5.54. The van der Waals surface area contributed by atoms with Gasteiger partial charge in [0, 0.05) is 0 Å². The van der Waals surface area contributed by atoms with Crippen LogP contribution in [0.5, 0.6) is 5.75 Å². The van der Waals surface area contributed by atoms with Gasteiger partial charge < -0.3 is 15.2 Å². The molecule has 0 aliphatic carbocycles. The third kappa shape index (κ3) is 4.35. The molecule has 0 amide bonds. The zero-order valence-electron chi connectivity index (χ0n) is 12.7. The summed E-state index contributed by atoms with van der Waals surface area (Å²) in [5.41, 5.74) is 6.33. The highest BCUT2D eigenvalue weighted by molar-refractivity contribution is 7.92. The van der Waals surface area contributed by atoms with Crippen LogP contribution in [0.25, 0.3) is 0 Å². The van der Waals surface area contributed by atoms with Crippen molar-refractivity contribution < 1.29 is 22.7 Å². The SMILES string of the molecule is COC(=O)c1ccc(OCCS(=O)(=O)C(C)(C)C)c(N)c1. The van der Waals surface area contributed by atoms with Crippen LogP contribution < -0.4 is 10.5 Å². The number of carbonyl (C=O) groups excluding carboxylic acids is 1. The summed E-state index contributed by atoms with van der Waals surface area (Å²) in [6.07, 6.45) is 0. The number of esters is 1. The van der Waals surface area contributed by atoms with Crippen LogP contribution in [0.3, 0.4) is 0 Å². The van der Waals surface area contributed by atoms with Gasteiger partial charge in [-0.1, -0.05) is 0 Å². The minimum atomic E-state index is -3.25. The van der Waals surface area contributed by atoms with Gasteiger partial charge in [0.2, 0.25) is 0 Å². The van der Waals surface area contributed by atoms with E-state index in [0.29, 0.717) is 11.3 Å². The van der Waals surface area contributed by atoms with Crippen molar-refractivity contribution in [1.82, 2.24) is 0 Å². The van der Waals surface area contributed by atoms with Gasteiger partial charge in [-0.25, -0.2) is 13.2 Å². The molecule has 1 rings (SSSR count). The summed E-state index contributed by atoms with van der Waals surface area (Å²) >= 11 is 0. The first-order chi connectivity index (χ1) is 9.58. The molecule has 0 aliphatic rings. The van der Waals surface area contributed by atoms with Crippen molar-refractivity contribution in [2.75, 3.05) is 25.2 Å². The standard InChI is InChI=1S/C14H21NO5S/c1-14(2,3)21(17,18)8-7-20-12-6-5-10(9-11(12)15)13(16)19-4/h5-6,9H,7-8,15H2,1-4H3. The van der Waals surface area contributed by atoms with Gasteiger partial charge in [0.25, 0.3) is 0 Å². The topological polar surface area (TPSA) is 95.7 Å². The van der Waals surface area contributed by atoms with E-state index in [4.69, 9.17) is 10.5 Å². The first-order valence-electron chi connectivity index (χ1n) is 6.41. The van der Waals surface area contributed by atoms with Crippen molar-refractivity contribution in [3.8, 4) is 5.75 Å². The molecule has 21 heavy (non-hydrogen) atoms. The summed E-state index contributed by atoms with van der Waals surface area (Å²) in [5, 5.41) is 0. The first kappa shape index (κ1) is 17.3. The fourth-order valence-electron chi connectivity index (χ4n) is 1.49. The minimum Gasteiger partial charge on any atom is -0.490 e. The first-order valence-corrected chi connectivity index (χ1v) is 8.06. The normalized spacial score (nSPS) is 12.0. The number of hydrogen-bond acceptors (Lipinski definition) is 6. The van der Waals surface area contributed by atoms with Gasteiger partial charge in [0.15, 0.2) is 9.84 Å². The lowest BCUT2D eigenvalue weighted by Crippen LogP contribution is -2.32. The van der Waals surface area contributed by atoms with Gasteiger partial charge in [0.05, 0.1) is 28.9 Å². The molecule has 0 spiro atoms. The molecule has 0 saturated carbocycles. The summed E-state index contributed by atoms with van der Waals surface area (Å²) in [5.74, 6) is -0.260. The van der Waals surface area contributed by atoms with Gasteiger partial charge in [0.1, 0.15) is 12.4 Å². The Hall–Kier alpha value is -1.76. The van der Waals surface area contributed by atoms with Crippen molar-refractivity contribution in [3.63, 3.8) is 0 Å². The zero-order chi connectivity index (χ0) is 16.3. The van der Waals surface area contributed by atoms with Crippen LogP contribution in [0, 0.1) is 0 Å².